The molecule has 0 aliphatic heterocycles. The maximum atomic E-state index is 11.1. The van der Waals surface area contributed by atoms with E-state index in [2.05, 4.69) is 15.4 Å². The topological polar surface area (TPSA) is 58.2 Å². The Kier molecular flexibility index (Phi) is 3.09. The van der Waals surface area contributed by atoms with Crippen molar-refractivity contribution in [1.82, 2.24) is 9.44 Å². The van der Waals surface area contributed by atoms with Gasteiger partial charge < -0.3 is 0 Å². The lowest BCUT2D eigenvalue weighted by molar-refractivity contribution is 0.567. The van der Waals surface area contributed by atoms with Crippen LogP contribution in [0.1, 0.15) is 19.3 Å². The summed E-state index contributed by atoms with van der Waals surface area (Å²) in [4.78, 5) is 0. The molecule has 0 aromatic rings. The van der Waals surface area contributed by atoms with Crippen molar-refractivity contribution < 1.29 is 8.42 Å². The van der Waals surface area contributed by atoms with Gasteiger partial charge >= 0.3 is 0 Å². The molecule has 0 saturated heterocycles. The first-order valence-corrected chi connectivity index (χ1v) is 5.33. The van der Waals surface area contributed by atoms with Gasteiger partial charge in [-0.2, -0.15) is 13.1 Å². The molecule has 12 heavy (non-hydrogen) atoms. The van der Waals surface area contributed by atoms with Gasteiger partial charge in [0.15, 0.2) is 0 Å². The third kappa shape index (κ3) is 3.72. The highest BCUT2D eigenvalue weighted by atomic mass is 32.2. The van der Waals surface area contributed by atoms with E-state index in [0.29, 0.717) is 13.0 Å². The van der Waals surface area contributed by atoms with Gasteiger partial charge in [-0.3, -0.25) is 0 Å². The Morgan fingerprint density at radius 2 is 2.17 bits per heavy atom. The second-order valence-corrected chi connectivity index (χ2v) is 4.28. The molecule has 0 bridgehead atoms. The molecule has 2 N–H and O–H groups in total. The van der Waals surface area contributed by atoms with E-state index in [1.165, 1.54) is 0 Å². The van der Waals surface area contributed by atoms with Gasteiger partial charge in [-0.15, -0.1) is 12.3 Å². The minimum Gasteiger partial charge on any atom is -0.201 e. The van der Waals surface area contributed by atoms with Gasteiger partial charge in [-0.1, -0.05) is 0 Å². The number of hydrogen-bond donors (Lipinski definition) is 2. The zero-order valence-electron chi connectivity index (χ0n) is 6.71. The van der Waals surface area contributed by atoms with Crippen molar-refractivity contribution in [3.05, 3.63) is 0 Å². The smallest absolute Gasteiger partial charge is 0.201 e. The molecule has 0 atom stereocenters. The van der Waals surface area contributed by atoms with E-state index in [1.54, 1.807) is 0 Å². The maximum absolute atomic E-state index is 11.1. The van der Waals surface area contributed by atoms with Gasteiger partial charge in [0, 0.05) is 19.0 Å². The van der Waals surface area contributed by atoms with Gasteiger partial charge in [0.1, 0.15) is 0 Å². The molecule has 4 nitrogen and oxygen atoms in total. The number of hydrogen-bond acceptors (Lipinski definition) is 2. The second-order valence-electron chi connectivity index (χ2n) is 2.74. The van der Waals surface area contributed by atoms with Gasteiger partial charge in [-0.05, 0) is 12.8 Å². The summed E-state index contributed by atoms with van der Waals surface area (Å²) in [5, 5.41) is 0. The van der Waals surface area contributed by atoms with Crippen molar-refractivity contribution in [3.63, 3.8) is 0 Å². The Morgan fingerprint density at radius 3 is 2.67 bits per heavy atom. The molecule has 0 unspecified atom stereocenters. The highest BCUT2D eigenvalue weighted by Crippen LogP contribution is 2.19. The lowest BCUT2D eigenvalue weighted by Crippen LogP contribution is -2.38. The third-order valence-corrected chi connectivity index (χ3v) is 2.69. The van der Waals surface area contributed by atoms with Crippen molar-refractivity contribution in [1.29, 1.82) is 0 Å². The van der Waals surface area contributed by atoms with E-state index < -0.39 is 10.2 Å². The molecular weight excluding hydrogens is 176 g/mol. The highest BCUT2D eigenvalue weighted by molar-refractivity contribution is 7.87. The minimum atomic E-state index is -3.29. The number of nitrogens with one attached hydrogen (secondary N) is 2. The van der Waals surface area contributed by atoms with Crippen LogP contribution in [-0.2, 0) is 10.2 Å². The van der Waals surface area contributed by atoms with Crippen LogP contribution in [0.25, 0.3) is 0 Å². The summed E-state index contributed by atoms with van der Waals surface area (Å²) in [5.74, 6) is 2.35. The largest absolute Gasteiger partial charge is 0.277 e. The molecule has 1 saturated carbocycles. The van der Waals surface area contributed by atoms with Crippen molar-refractivity contribution in [2.75, 3.05) is 6.54 Å². The zero-order valence-corrected chi connectivity index (χ0v) is 7.52. The molecule has 0 amide bonds. The van der Waals surface area contributed by atoms with E-state index in [1.807, 2.05) is 0 Å². The molecule has 5 heteroatoms. The number of terminal acetylenes is 1. The van der Waals surface area contributed by atoms with E-state index in [4.69, 9.17) is 6.42 Å². The Balaban J connectivity index is 2.23. The van der Waals surface area contributed by atoms with Crippen LogP contribution in [0.5, 0.6) is 0 Å². The molecule has 1 aliphatic carbocycles. The van der Waals surface area contributed by atoms with Crippen LogP contribution in [0.2, 0.25) is 0 Å². The van der Waals surface area contributed by atoms with Crippen molar-refractivity contribution in [2.45, 2.75) is 25.3 Å². The van der Waals surface area contributed by atoms with Crippen molar-refractivity contribution in [2.24, 2.45) is 0 Å². The Hall–Kier alpha value is -0.570. The van der Waals surface area contributed by atoms with Crippen molar-refractivity contribution >= 4 is 10.2 Å². The van der Waals surface area contributed by atoms with E-state index >= 15 is 0 Å². The molecular formula is C7H12N2O2S. The molecule has 0 radical (unpaired) electrons. The first-order chi connectivity index (χ1) is 5.64. The van der Waals surface area contributed by atoms with Gasteiger partial charge in [-0.25, -0.2) is 4.72 Å². The SMILES string of the molecule is C#CCCNS(=O)(=O)NC1CC1. The second kappa shape index (κ2) is 3.90. The Morgan fingerprint density at radius 1 is 1.50 bits per heavy atom. The molecule has 0 spiro atoms. The first-order valence-electron chi connectivity index (χ1n) is 3.84. The van der Waals surface area contributed by atoms with Gasteiger partial charge in [0.25, 0.3) is 10.2 Å². The standard InChI is InChI=1S/C7H12N2O2S/c1-2-3-6-8-12(10,11)9-7-4-5-7/h1,7-9H,3-6H2. The molecule has 1 rings (SSSR count). The molecule has 1 aliphatic rings. The monoisotopic (exact) mass is 188 g/mol. The van der Waals surface area contributed by atoms with Crippen molar-refractivity contribution in [3.8, 4) is 12.3 Å². The van der Waals surface area contributed by atoms with E-state index in [0.717, 1.165) is 12.8 Å². The fourth-order valence-electron chi connectivity index (χ4n) is 0.720. The Labute approximate surface area is 72.9 Å². The molecule has 68 valence electrons. The average molecular weight is 188 g/mol. The van der Waals surface area contributed by atoms with Crippen LogP contribution in [0, 0.1) is 12.3 Å². The summed E-state index contributed by atoms with van der Waals surface area (Å²) >= 11 is 0. The van der Waals surface area contributed by atoms with Crippen LogP contribution in [-0.4, -0.2) is 21.0 Å². The predicted octanol–water partition coefficient (Wildman–Crippen LogP) is -0.404. The molecule has 1 fully saturated rings. The lowest BCUT2D eigenvalue weighted by atomic mass is 10.5. The summed E-state index contributed by atoms with van der Waals surface area (Å²) in [6.45, 7) is 0.304. The van der Waals surface area contributed by atoms with Crippen LogP contribution < -0.4 is 9.44 Å². The molecule has 0 aromatic carbocycles. The quantitative estimate of drug-likeness (QED) is 0.455. The lowest BCUT2D eigenvalue weighted by Gasteiger charge is -2.04. The fourth-order valence-corrected chi connectivity index (χ4v) is 1.85. The third-order valence-electron chi connectivity index (χ3n) is 1.46. The number of rotatable bonds is 5. The summed E-state index contributed by atoms with van der Waals surface area (Å²) in [5.41, 5.74) is 0. The van der Waals surface area contributed by atoms with Gasteiger partial charge in [0.2, 0.25) is 0 Å². The van der Waals surface area contributed by atoms with Crippen LogP contribution in [0.15, 0.2) is 0 Å². The van der Waals surface area contributed by atoms with Crippen LogP contribution in [0.4, 0.5) is 0 Å². The summed E-state index contributed by atoms with van der Waals surface area (Å²) in [6, 6.07) is 0.147. The predicted molar refractivity (Wildman–Crippen MR) is 46.5 cm³/mol. The summed E-state index contributed by atoms with van der Waals surface area (Å²) in [7, 11) is -3.29. The summed E-state index contributed by atoms with van der Waals surface area (Å²) < 4.78 is 27.0. The van der Waals surface area contributed by atoms with Crippen LogP contribution in [0.3, 0.4) is 0 Å². The normalized spacial score (nSPS) is 17.2. The van der Waals surface area contributed by atoms with E-state index in [9.17, 15) is 8.42 Å². The van der Waals surface area contributed by atoms with E-state index in [-0.39, 0.29) is 6.04 Å². The summed E-state index contributed by atoms with van der Waals surface area (Å²) in [6.07, 6.45) is 7.27. The first kappa shape index (κ1) is 9.52. The van der Waals surface area contributed by atoms with Crippen LogP contribution >= 0.6 is 0 Å². The average Bonchev–Trinajstić information content (AvgIpc) is 2.71. The Bertz CT molecular complexity index is 274. The maximum Gasteiger partial charge on any atom is 0.277 e. The van der Waals surface area contributed by atoms with Gasteiger partial charge in [0.05, 0.1) is 0 Å². The molecule has 0 aromatic heterocycles. The molecule has 0 heterocycles. The highest BCUT2D eigenvalue weighted by Gasteiger charge is 2.26. The minimum absolute atomic E-state index is 0.147. The zero-order chi connectivity index (χ0) is 9.03. The fraction of sp³-hybridized carbons (Fsp3) is 0.714.